The minimum absolute atomic E-state index is 0.396. The molecule has 0 saturated heterocycles. The van der Waals surface area contributed by atoms with E-state index in [-0.39, 0.29) is 0 Å². The van der Waals surface area contributed by atoms with Gasteiger partial charge in [-0.2, -0.15) is 5.26 Å². The highest BCUT2D eigenvalue weighted by molar-refractivity contribution is 6.36. The summed E-state index contributed by atoms with van der Waals surface area (Å²) in [5, 5.41) is 13.4. The molecule has 0 aliphatic heterocycles. The molecule has 0 atom stereocenters. The van der Waals surface area contributed by atoms with Gasteiger partial charge in [0.15, 0.2) is 0 Å². The molecule has 1 N–H and O–H groups in total. The van der Waals surface area contributed by atoms with Crippen molar-refractivity contribution < 1.29 is 0 Å². The van der Waals surface area contributed by atoms with Gasteiger partial charge in [-0.05, 0) is 36.4 Å². The van der Waals surface area contributed by atoms with Crippen LogP contribution in [0.25, 0.3) is 0 Å². The zero-order valence-corrected chi connectivity index (χ0v) is 11.3. The maximum absolute atomic E-state index is 8.78. The Morgan fingerprint density at radius 1 is 0.944 bits per heavy atom. The van der Waals surface area contributed by atoms with Crippen LogP contribution in [0, 0.1) is 11.3 Å². The molecule has 0 unspecified atom stereocenters. The van der Waals surface area contributed by atoms with E-state index in [0.717, 1.165) is 11.4 Å². The van der Waals surface area contributed by atoms with Crippen molar-refractivity contribution in [2.24, 2.45) is 0 Å². The average molecular weight is 298 g/mol. The fourth-order valence-electron chi connectivity index (χ4n) is 1.43. The van der Waals surface area contributed by atoms with Gasteiger partial charge in [-0.25, -0.2) is 0 Å². The quantitative estimate of drug-likeness (QED) is 0.820. The summed E-state index contributed by atoms with van der Waals surface area (Å²) in [4.78, 5) is 0. The molecule has 0 heterocycles. The number of hydrogen-bond acceptors (Lipinski definition) is 2. The van der Waals surface area contributed by atoms with Crippen molar-refractivity contribution in [1.82, 2.24) is 0 Å². The minimum atomic E-state index is 0.396. The van der Waals surface area contributed by atoms with E-state index < -0.39 is 0 Å². The van der Waals surface area contributed by atoms with Crippen LogP contribution in [-0.2, 0) is 0 Å². The molecule has 0 aromatic heterocycles. The predicted octanol–water partition coefficient (Wildman–Crippen LogP) is 5.26. The van der Waals surface area contributed by atoms with Crippen molar-refractivity contribution in [3.05, 3.63) is 57.0 Å². The summed E-state index contributed by atoms with van der Waals surface area (Å²) in [5.74, 6) is 0. The zero-order valence-electron chi connectivity index (χ0n) is 9.05. The standard InChI is InChI=1S/C13H7Cl3N2/c14-9-2-4-13(12(16)5-9)18-10-3-1-8(7-17)11(15)6-10/h1-6,18H. The molecule has 0 fully saturated rings. The van der Waals surface area contributed by atoms with E-state index in [2.05, 4.69) is 5.32 Å². The van der Waals surface area contributed by atoms with Crippen LogP contribution in [0.4, 0.5) is 11.4 Å². The highest BCUT2D eigenvalue weighted by Gasteiger charge is 2.04. The number of anilines is 2. The Morgan fingerprint density at radius 3 is 2.33 bits per heavy atom. The van der Waals surface area contributed by atoms with E-state index in [0.29, 0.717) is 20.6 Å². The van der Waals surface area contributed by atoms with Crippen LogP contribution >= 0.6 is 34.8 Å². The Labute approximate surface area is 120 Å². The molecule has 2 rings (SSSR count). The molecular formula is C13H7Cl3N2. The smallest absolute Gasteiger partial charge is 0.101 e. The van der Waals surface area contributed by atoms with Crippen molar-refractivity contribution >= 4 is 46.2 Å². The molecule has 0 spiro atoms. The van der Waals surface area contributed by atoms with E-state index in [4.69, 9.17) is 40.1 Å². The largest absolute Gasteiger partial charge is 0.354 e. The van der Waals surface area contributed by atoms with Crippen LogP contribution in [0.2, 0.25) is 15.1 Å². The molecule has 2 nitrogen and oxygen atoms in total. The topological polar surface area (TPSA) is 35.8 Å². The van der Waals surface area contributed by atoms with Crippen molar-refractivity contribution in [3.63, 3.8) is 0 Å². The summed E-state index contributed by atoms with van der Waals surface area (Å²) >= 11 is 17.8. The van der Waals surface area contributed by atoms with Gasteiger partial charge in [0.2, 0.25) is 0 Å². The molecule has 0 amide bonds. The Kier molecular flexibility index (Phi) is 3.98. The van der Waals surface area contributed by atoms with Crippen molar-refractivity contribution in [2.45, 2.75) is 0 Å². The van der Waals surface area contributed by atoms with Crippen LogP contribution in [0.5, 0.6) is 0 Å². The Hall–Kier alpha value is -1.40. The molecule has 0 saturated carbocycles. The third-order valence-electron chi connectivity index (χ3n) is 2.30. The third-order valence-corrected chi connectivity index (χ3v) is 3.16. The SMILES string of the molecule is N#Cc1ccc(Nc2ccc(Cl)cc2Cl)cc1Cl. The molecule has 0 bridgehead atoms. The number of rotatable bonds is 2. The third kappa shape index (κ3) is 2.88. The number of nitriles is 1. The molecule has 5 heteroatoms. The van der Waals surface area contributed by atoms with Crippen LogP contribution < -0.4 is 5.32 Å². The summed E-state index contributed by atoms with van der Waals surface area (Å²) in [5.41, 5.74) is 1.91. The molecule has 18 heavy (non-hydrogen) atoms. The lowest BCUT2D eigenvalue weighted by Gasteiger charge is -2.09. The summed E-state index contributed by atoms with van der Waals surface area (Å²) in [7, 11) is 0. The molecule has 2 aromatic rings. The van der Waals surface area contributed by atoms with Gasteiger partial charge in [-0.1, -0.05) is 34.8 Å². The van der Waals surface area contributed by atoms with Crippen LogP contribution in [0.15, 0.2) is 36.4 Å². The van der Waals surface area contributed by atoms with Gasteiger partial charge in [0.1, 0.15) is 6.07 Å². The number of benzene rings is 2. The number of halogens is 3. The van der Waals surface area contributed by atoms with Crippen LogP contribution in [0.3, 0.4) is 0 Å². The first-order chi connectivity index (χ1) is 8.60. The zero-order chi connectivity index (χ0) is 13.1. The van der Waals surface area contributed by atoms with E-state index in [1.165, 1.54) is 0 Å². The molecular weight excluding hydrogens is 291 g/mol. The summed E-state index contributed by atoms with van der Waals surface area (Å²) in [6.45, 7) is 0. The van der Waals surface area contributed by atoms with E-state index in [9.17, 15) is 0 Å². The number of nitrogens with zero attached hydrogens (tertiary/aromatic N) is 1. The highest BCUT2D eigenvalue weighted by atomic mass is 35.5. The maximum Gasteiger partial charge on any atom is 0.101 e. The van der Waals surface area contributed by atoms with Gasteiger partial charge in [0.25, 0.3) is 0 Å². The van der Waals surface area contributed by atoms with E-state index in [1.54, 1.807) is 36.4 Å². The minimum Gasteiger partial charge on any atom is -0.354 e. The normalized spacial score (nSPS) is 9.89. The van der Waals surface area contributed by atoms with Gasteiger partial charge in [0, 0.05) is 10.7 Å². The van der Waals surface area contributed by atoms with Gasteiger partial charge >= 0.3 is 0 Å². The van der Waals surface area contributed by atoms with E-state index in [1.807, 2.05) is 6.07 Å². The number of nitrogens with one attached hydrogen (secondary N) is 1. The lowest BCUT2D eigenvalue weighted by molar-refractivity contribution is 1.47. The first-order valence-corrected chi connectivity index (χ1v) is 6.15. The maximum atomic E-state index is 8.78. The van der Waals surface area contributed by atoms with Gasteiger partial charge < -0.3 is 5.32 Å². The van der Waals surface area contributed by atoms with Crippen LogP contribution in [0.1, 0.15) is 5.56 Å². The van der Waals surface area contributed by atoms with E-state index >= 15 is 0 Å². The van der Waals surface area contributed by atoms with Crippen molar-refractivity contribution in [2.75, 3.05) is 5.32 Å². The average Bonchev–Trinajstić information content (AvgIpc) is 2.33. The lowest BCUT2D eigenvalue weighted by atomic mass is 10.2. The second kappa shape index (κ2) is 5.49. The van der Waals surface area contributed by atoms with Crippen LogP contribution in [-0.4, -0.2) is 0 Å². The Bertz CT molecular complexity index is 633. The van der Waals surface area contributed by atoms with Crippen molar-refractivity contribution in [1.29, 1.82) is 5.26 Å². The molecule has 2 aromatic carbocycles. The fraction of sp³-hybridized carbons (Fsp3) is 0. The fourth-order valence-corrected chi connectivity index (χ4v) is 2.11. The first-order valence-electron chi connectivity index (χ1n) is 5.02. The first kappa shape index (κ1) is 13.0. The predicted molar refractivity (Wildman–Crippen MR) is 75.9 cm³/mol. The van der Waals surface area contributed by atoms with Gasteiger partial charge in [0.05, 0.1) is 21.3 Å². The van der Waals surface area contributed by atoms with Gasteiger partial charge in [-0.3, -0.25) is 0 Å². The lowest BCUT2D eigenvalue weighted by Crippen LogP contribution is -1.91. The molecule has 0 radical (unpaired) electrons. The summed E-state index contributed by atoms with van der Waals surface area (Å²) in [6, 6.07) is 12.2. The highest BCUT2D eigenvalue weighted by Crippen LogP contribution is 2.29. The van der Waals surface area contributed by atoms with Gasteiger partial charge in [-0.15, -0.1) is 0 Å². The summed E-state index contributed by atoms with van der Waals surface area (Å²) < 4.78 is 0. The molecule has 0 aliphatic carbocycles. The second-order valence-corrected chi connectivity index (χ2v) is 4.81. The number of hydrogen-bond donors (Lipinski definition) is 1. The Morgan fingerprint density at radius 2 is 1.72 bits per heavy atom. The Balaban J connectivity index is 2.29. The monoisotopic (exact) mass is 296 g/mol. The molecule has 0 aliphatic rings. The van der Waals surface area contributed by atoms with Crippen molar-refractivity contribution in [3.8, 4) is 6.07 Å². The second-order valence-electron chi connectivity index (χ2n) is 3.56. The molecule has 90 valence electrons. The summed E-state index contributed by atoms with van der Waals surface area (Å²) in [6.07, 6.45) is 0.